The number of aromatic amines is 1. The largest absolute Gasteiger partial charge is 0.490 e. The van der Waals surface area contributed by atoms with Gasteiger partial charge in [-0.1, -0.05) is 23.2 Å². The van der Waals surface area contributed by atoms with Crippen LogP contribution in [0.5, 0.6) is 0 Å². The van der Waals surface area contributed by atoms with E-state index < -0.39 is 12.1 Å². The number of carboxylic acids is 1. The van der Waals surface area contributed by atoms with E-state index in [0.29, 0.717) is 0 Å². The van der Waals surface area contributed by atoms with Gasteiger partial charge in [0.1, 0.15) is 12.1 Å². The average molecular weight is 564 g/mol. The number of hydrogen-bond acceptors (Lipinski definition) is 7. The maximum Gasteiger partial charge on any atom is 0.490 e. The van der Waals surface area contributed by atoms with E-state index in [1.54, 1.807) is 6.33 Å². The first-order valence-corrected chi connectivity index (χ1v) is 13.1. The number of benzene rings is 1. The average Bonchev–Trinajstić information content (AvgIpc) is 3.61. The number of H-pyrrole nitrogens is 1. The highest BCUT2D eigenvalue weighted by atomic mass is 35.5. The summed E-state index contributed by atoms with van der Waals surface area (Å²) < 4.78 is 31.7. The number of rotatable bonds is 3. The van der Waals surface area contributed by atoms with Crippen LogP contribution in [-0.4, -0.2) is 76.7 Å². The molecular weight excluding hydrogens is 535 g/mol. The smallest absolute Gasteiger partial charge is 0.475 e. The van der Waals surface area contributed by atoms with E-state index in [1.165, 1.54) is 29.7 Å². The van der Waals surface area contributed by atoms with Crippen molar-refractivity contribution in [2.75, 3.05) is 49.1 Å². The lowest BCUT2D eigenvalue weighted by molar-refractivity contribution is -0.192. The summed E-state index contributed by atoms with van der Waals surface area (Å²) >= 11 is 6.26. The second-order valence-electron chi connectivity index (χ2n) is 10.1. The molecule has 39 heavy (non-hydrogen) atoms. The number of allylic oxidation sites excluding steroid dienone is 1. The van der Waals surface area contributed by atoms with Crippen LogP contribution in [0.15, 0.2) is 30.1 Å². The standard InChI is InChI=1S/C24H28ClN7.C2HF3O2/c1-15-2-3-19(25)11-21(15)31-4-6-32(7-5-31)24-22-20(29-30-23(22)27-14-28-24)10-16-8-17-12-26-13-18(17)9-16;3-2(4,5)1(6)7/h2-3,10-11,14,17-18,26H,4-9,12-13H2,1H3,(H,27,28,29,30);(H,6,7)/t17-,18+;. The maximum absolute atomic E-state index is 10.6. The molecule has 0 spiro atoms. The molecule has 0 bridgehead atoms. The van der Waals surface area contributed by atoms with E-state index in [0.717, 1.165) is 78.7 Å². The van der Waals surface area contributed by atoms with Gasteiger partial charge in [0.25, 0.3) is 0 Å². The van der Waals surface area contributed by atoms with Crippen molar-refractivity contribution in [3.05, 3.63) is 46.4 Å². The number of aryl methyl sites for hydroxylation is 1. The van der Waals surface area contributed by atoms with Crippen LogP contribution in [0, 0.1) is 18.8 Å². The van der Waals surface area contributed by atoms with Crippen molar-refractivity contribution in [3.8, 4) is 0 Å². The molecule has 4 heterocycles. The van der Waals surface area contributed by atoms with Gasteiger partial charge < -0.3 is 20.2 Å². The number of aliphatic carboxylic acids is 1. The number of alkyl halides is 3. The van der Waals surface area contributed by atoms with Crippen LogP contribution in [0.2, 0.25) is 5.02 Å². The molecule has 1 saturated carbocycles. The van der Waals surface area contributed by atoms with Gasteiger partial charge in [-0.25, -0.2) is 14.8 Å². The van der Waals surface area contributed by atoms with Gasteiger partial charge in [0.15, 0.2) is 5.65 Å². The molecule has 9 nitrogen and oxygen atoms in total. The summed E-state index contributed by atoms with van der Waals surface area (Å²) in [7, 11) is 0. The van der Waals surface area contributed by atoms with Crippen LogP contribution >= 0.6 is 11.6 Å². The van der Waals surface area contributed by atoms with Gasteiger partial charge in [0.05, 0.1) is 11.1 Å². The summed E-state index contributed by atoms with van der Waals surface area (Å²) in [5.41, 5.74) is 5.78. The Hall–Kier alpha value is -3.38. The number of carbonyl (C=O) groups is 1. The Morgan fingerprint density at radius 2 is 1.74 bits per heavy atom. The fourth-order valence-corrected chi connectivity index (χ4v) is 5.79. The molecule has 1 aromatic carbocycles. The molecule has 3 fully saturated rings. The van der Waals surface area contributed by atoms with Crippen molar-refractivity contribution in [2.24, 2.45) is 11.8 Å². The van der Waals surface area contributed by atoms with Crippen LogP contribution in [-0.2, 0) is 4.79 Å². The number of anilines is 2. The molecule has 2 saturated heterocycles. The molecule has 13 heteroatoms. The van der Waals surface area contributed by atoms with Crippen molar-refractivity contribution in [3.63, 3.8) is 0 Å². The van der Waals surface area contributed by atoms with E-state index >= 15 is 0 Å². The van der Waals surface area contributed by atoms with Gasteiger partial charge >= 0.3 is 12.1 Å². The van der Waals surface area contributed by atoms with Crippen molar-refractivity contribution >= 4 is 46.2 Å². The number of carboxylic acid groups (broad SMARTS) is 1. The number of piperazine rings is 1. The first-order valence-electron chi connectivity index (χ1n) is 12.8. The van der Waals surface area contributed by atoms with Crippen molar-refractivity contribution in [1.29, 1.82) is 0 Å². The maximum atomic E-state index is 10.6. The molecule has 1 aliphatic carbocycles. The van der Waals surface area contributed by atoms with E-state index in [2.05, 4.69) is 55.4 Å². The molecule has 6 rings (SSSR count). The molecule has 208 valence electrons. The number of nitrogens with one attached hydrogen (secondary N) is 2. The van der Waals surface area contributed by atoms with Gasteiger partial charge in [-0.05, 0) is 68.5 Å². The fraction of sp³-hybridized carbons (Fsp3) is 0.462. The molecule has 2 aromatic heterocycles. The zero-order chi connectivity index (χ0) is 27.7. The summed E-state index contributed by atoms with van der Waals surface area (Å²) in [6.07, 6.45) is 1.20. The molecule has 3 aromatic rings. The highest BCUT2D eigenvalue weighted by Gasteiger charge is 2.38. The Bertz CT molecular complexity index is 1370. The minimum atomic E-state index is -5.08. The molecule has 2 aliphatic heterocycles. The Kier molecular flexibility index (Phi) is 7.68. The fourth-order valence-electron chi connectivity index (χ4n) is 5.63. The quantitative estimate of drug-likeness (QED) is 0.433. The predicted molar refractivity (Wildman–Crippen MR) is 143 cm³/mol. The van der Waals surface area contributed by atoms with Crippen molar-refractivity contribution < 1.29 is 23.1 Å². The monoisotopic (exact) mass is 563 g/mol. The molecule has 0 radical (unpaired) electrons. The molecule has 0 unspecified atom stereocenters. The third-order valence-corrected chi connectivity index (χ3v) is 7.80. The summed E-state index contributed by atoms with van der Waals surface area (Å²) in [5, 5.41) is 20.2. The minimum Gasteiger partial charge on any atom is -0.475 e. The third kappa shape index (κ3) is 5.96. The Labute approximate surface area is 228 Å². The first kappa shape index (κ1) is 27.2. The van der Waals surface area contributed by atoms with Crippen LogP contribution in [0.3, 0.4) is 0 Å². The van der Waals surface area contributed by atoms with Crippen LogP contribution < -0.4 is 15.1 Å². The molecule has 0 amide bonds. The zero-order valence-corrected chi connectivity index (χ0v) is 22.1. The van der Waals surface area contributed by atoms with Crippen molar-refractivity contribution in [2.45, 2.75) is 25.9 Å². The Balaban J connectivity index is 0.000000392. The van der Waals surface area contributed by atoms with Crippen LogP contribution in [0.4, 0.5) is 24.7 Å². The topological polar surface area (TPSA) is 110 Å². The SMILES string of the molecule is Cc1ccc(Cl)cc1N1CCN(c2ncnc3[nH]nc(C=C4C[C@H]5CNC[C@H]5C4)c23)CC1.O=C(O)C(F)(F)F. The highest BCUT2D eigenvalue weighted by molar-refractivity contribution is 6.30. The van der Waals surface area contributed by atoms with E-state index in [9.17, 15) is 13.2 Å². The molecule has 3 N–H and O–H groups in total. The van der Waals surface area contributed by atoms with E-state index in [4.69, 9.17) is 26.5 Å². The summed E-state index contributed by atoms with van der Waals surface area (Å²) in [6, 6.07) is 6.12. The number of hydrogen-bond donors (Lipinski definition) is 3. The van der Waals surface area contributed by atoms with Gasteiger partial charge in [0, 0.05) is 36.9 Å². The molecule has 3 aliphatic rings. The summed E-state index contributed by atoms with van der Waals surface area (Å²) in [6.45, 7) is 8.09. The summed E-state index contributed by atoms with van der Waals surface area (Å²) in [4.78, 5) is 22.8. The number of halogens is 4. The minimum absolute atomic E-state index is 0.783. The summed E-state index contributed by atoms with van der Waals surface area (Å²) in [5.74, 6) is -0.208. The van der Waals surface area contributed by atoms with Gasteiger partial charge in [-0.15, -0.1) is 0 Å². The number of nitrogens with zero attached hydrogens (tertiary/aromatic N) is 5. The van der Waals surface area contributed by atoms with Gasteiger partial charge in [-0.3, -0.25) is 5.10 Å². The second-order valence-corrected chi connectivity index (χ2v) is 10.6. The van der Waals surface area contributed by atoms with Crippen LogP contribution in [0.25, 0.3) is 17.1 Å². The first-order chi connectivity index (χ1) is 18.6. The Morgan fingerprint density at radius 3 is 2.38 bits per heavy atom. The normalized spacial score (nSPS) is 22.2. The van der Waals surface area contributed by atoms with E-state index in [-0.39, 0.29) is 0 Å². The predicted octanol–water partition coefficient (Wildman–Crippen LogP) is 4.29. The zero-order valence-electron chi connectivity index (χ0n) is 21.3. The van der Waals surface area contributed by atoms with Crippen molar-refractivity contribution in [1.82, 2.24) is 25.5 Å². The molecular formula is C26H29ClF3N7O2. The number of fused-ring (bicyclic) bond motifs is 2. The molecule has 2 atom stereocenters. The third-order valence-electron chi connectivity index (χ3n) is 7.57. The highest BCUT2D eigenvalue weighted by Crippen LogP contribution is 2.39. The van der Waals surface area contributed by atoms with Gasteiger partial charge in [0.2, 0.25) is 0 Å². The number of aromatic nitrogens is 4. The lowest BCUT2D eigenvalue weighted by Crippen LogP contribution is -2.47. The lowest BCUT2D eigenvalue weighted by Gasteiger charge is -2.37. The van der Waals surface area contributed by atoms with E-state index in [1.807, 2.05) is 6.07 Å². The lowest BCUT2D eigenvalue weighted by atomic mass is 10.0. The van der Waals surface area contributed by atoms with Gasteiger partial charge in [-0.2, -0.15) is 18.3 Å². The second kappa shape index (κ2) is 11.0. The Morgan fingerprint density at radius 1 is 1.10 bits per heavy atom. The van der Waals surface area contributed by atoms with Crippen LogP contribution in [0.1, 0.15) is 24.1 Å².